The van der Waals surface area contributed by atoms with Crippen LogP contribution in [0.4, 0.5) is 10.7 Å². The van der Waals surface area contributed by atoms with Crippen LogP contribution in [0.3, 0.4) is 0 Å². The molecule has 0 atom stereocenters. The molecular weight excluding hydrogens is 288 g/mol. The molecular formula is C13H20N6O3. The van der Waals surface area contributed by atoms with E-state index in [4.69, 9.17) is 0 Å². The van der Waals surface area contributed by atoms with E-state index in [-0.39, 0.29) is 30.7 Å². The molecule has 0 radical (unpaired) electrons. The van der Waals surface area contributed by atoms with Crippen LogP contribution in [0.5, 0.6) is 0 Å². The second-order valence-corrected chi connectivity index (χ2v) is 5.77. The lowest BCUT2D eigenvalue weighted by Crippen LogP contribution is -2.40. The van der Waals surface area contributed by atoms with Crippen molar-refractivity contribution in [2.45, 2.75) is 39.2 Å². The highest BCUT2D eigenvalue weighted by molar-refractivity contribution is 6.06. The Morgan fingerprint density at radius 2 is 2.05 bits per heavy atom. The van der Waals surface area contributed by atoms with Gasteiger partial charge < -0.3 is 5.32 Å². The molecule has 22 heavy (non-hydrogen) atoms. The summed E-state index contributed by atoms with van der Waals surface area (Å²) in [4.78, 5) is 40.6. The molecule has 1 aliphatic rings. The van der Waals surface area contributed by atoms with Crippen molar-refractivity contribution in [3.05, 3.63) is 5.82 Å². The maximum Gasteiger partial charge on any atom is 0.325 e. The number of hydrogen-bond donors (Lipinski definition) is 2. The van der Waals surface area contributed by atoms with Gasteiger partial charge >= 0.3 is 6.03 Å². The summed E-state index contributed by atoms with van der Waals surface area (Å²) in [6, 6.07) is -0.419. The van der Waals surface area contributed by atoms with Crippen molar-refractivity contribution in [2.75, 3.05) is 11.9 Å². The molecule has 2 N–H and O–H groups in total. The molecule has 0 bridgehead atoms. The molecule has 4 amide bonds. The lowest BCUT2D eigenvalue weighted by molar-refractivity contribution is -0.130. The average molecular weight is 308 g/mol. The number of hydrogen-bond acceptors (Lipinski definition) is 5. The summed E-state index contributed by atoms with van der Waals surface area (Å²) < 4.78 is 1.56. The normalized spacial score (nSPS) is 16.8. The van der Waals surface area contributed by atoms with Gasteiger partial charge in [0.25, 0.3) is 5.91 Å². The maximum absolute atomic E-state index is 12.0. The van der Waals surface area contributed by atoms with Gasteiger partial charge in [0.1, 0.15) is 11.4 Å². The summed E-state index contributed by atoms with van der Waals surface area (Å²) in [6.45, 7) is 5.28. The summed E-state index contributed by atoms with van der Waals surface area (Å²) in [5.41, 5.74) is -0.880. The first-order valence-electron chi connectivity index (χ1n) is 7.02. The smallest absolute Gasteiger partial charge is 0.324 e. The molecule has 2 heterocycles. The van der Waals surface area contributed by atoms with Crippen molar-refractivity contribution >= 4 is 23.8 Å². The highest BCUT2D eigenvalue weighted by Crippen LogP contribution is 2.17. The predicted octanol–water partition coefficient (Wildman–Crippen LogP) is 0.173. The number of urea groups is 1. The Morgan fingerprint density at radius 1 is 1.36 bits per heavy atom. The lowest BCUT2D eigenvalue weighted by Gasteiger charge is -2.15. The number of carbonyl (C=O) groups is 3. The van der Waals surface area contributed by atoms with Crippen LogP contribution in [0.2, 0.25) is 0 Å². The molecule has 1 fully saturated rings. The zero-order chi connectivity index (χ0) is 16.5. The van der Waals surface area contributed by atoms with E-state index in [0.717, 1.165) is 4.90 Å². The third kappa shape index (κ3) is 3.23. The zero-order valence-electron chi connectivity index (χ0n) is 13.1. The first kappa shape index (κ1) is 15.9. The van der Waals surface area contributed by atoms with E-state index >= 15 is 0 Å². The number of aryl methyl sites for hydroxylation is 2. The minimum absolute atomic E-state index is 0.175. The number of imide groups is 1. The first-order valence-corrected chi connectivity index (χ1v) is 7.02. The van der Waals surface area contributed by atoms with Gasteiger partial charge in [-0.15, -0.1) is 5.10 Å². The van der Waals surface area contributed by atoms with Gasteiger partial charge in [-0.3, -0.25) is 24.5 Å². The van der Waals surface area contributed by atoms with Gasteiger partial charge in [0.15, 0.2) is 0 Å². The molecule has 1 aromatic heterocycles. The van der Waals surface area contributed by atoms with Gasteiger partial charge in [-0.05, 0) is 27.2 Å². The fourth-order valence-corrected chi connectivity index (χ4v) is 2.12. The minimum Gasteiger partial charge on any atom is -0.324 e. The fraction of sp³-hybridized carbons (Fsp3) is 0.615. The molecule has 120 valence electrons. The Morgan fingerprint density at radius 3 is 2.55 bits per heavy atom. The van der Waals surface area contributed by atoms with Gasteiger partial charge in [-0.2, -0.15) is 4.98 Å². The summed E-state index contributed by atoms with van der Waals surface area (Å²) in [5, 5.41) is 9.20. The molecule has 0 aromatic carbocycles. The second-order valence-electron chi connectivity index (χ2n) is 5.77. The molecule has 9 nitrogen and oxygen atoms in total. The molecule has 0 unspecified atom stereocenters. The Balaban J connectivity index is 1.80. The van der Waals surface area contributed by atoms with Crippen LogP contribution < -0.4 is 10.6 Å². The van der Waals surface area contributed by atoms with Crippen molar-refractivity contribution in [1.82, 2.24) is 25.0 Å². The van der Waals surface area contributed by atoms with E-state index in [1.54, 1.807) is 32.5 Å². The van der Waals surface area contributed by atoms with E-state index < -0.39 is 11.6 Å². The van der Waals surface area contributed by atoms with E-state index in [9.17, 15) is 14.4 Å². The van der Waals surface area contributed by atoms with E-state index in [1.807, 2.05) is 0 Å². The molecule has 1 aromatic rings. The number of carbonyl (C=O) groups excluding carboxylic acids is 3. The third-order valence-electron chi connectivity index (χ3n) is 3.46. The number of nitrogens with one attached hydrogen (secondary N) is 2. The fourth-order valence-electron chi connectivity index (χ4n) is 2.12. The summed E-state index contributed by atoms with van der Waals surface area (Å²) in [7, 11) is 1.73. The monoisotopic (exact) mass is 308 g/mol. The summed E-state index contributed by atoms with van der Waals surface area (Å²) in [5.74, 6) is 0.412. The Hall–Kier alpha value is -2.45. The van der Waals surface area contributed by atoms with E-state index in [1.165, 1.54) is 0 Å². The molecule has 0 saturated carbocycles. The number of anilines is 1. The lowest BCUT2D eigenvalue weighted by atomic mass is 10.1. The van der Waals surface area contributed by atoms with Crippen molar-refractivity contribution in [3.8, 4) is 0 Å². The van der Waals surface area contributed by atoms with Crippen molar-refractivity contribution in [1.29, 1.82) is 0 Å². The molecule has 1 aliphatic heterocycles. The van der Waals surface area contributed by atoms with Crippen LogP contribution in [0.1, 0.15) is 32.5 Å². The van der Waals surface area contributed by atoms with Crippen LogP contribution in [-0.4, -0.2) is 49.6 Å². The van der Waals surface area contributed by atoms with Crippen molar-refractivity contribution in [3.63, 3.8) is 0 Å². The predicted molar refractivity (Wildman–Crippen MR) is 77.9 cm³/mol. The number of aromatic nitrogens is 3. The van der Waals surface area contributed by atoms with Crippen LogP contribution in [0, 0.1) is 6.92 Å². The quantitative estimate of drug-likeness (QED) is 0.754. The maximum atomic E-state index is 12.0. The summed E-state index contributed by atoms with van der Waals surface area (Å²) in [6.07, 6.45) is 0.557. The van der Waals surface area contributed by atoms with Gasteiger partial charge in [-0.25, -0.2) is 4.79 Å². The van der Waals surface area contributed by atoms with Gasteiger partial charge in [0.2, 0.25) is 11.9 Å². The van der Waals surface area contributed by atoms with Gasteiger partial charge in [0.05, 0.1) is 0 Å². The highest BCUT2D eigenvalue weighted by Gasteiger charge is 2.43. The number of amides is 4. The third-order valence-corrected chi connectivity index (χ3v) is 3.46. The van der Waals surface area contributed by atoms with E-state index in [0.29, 0.717) is 12.2 Å². The van der Waals surface area contributed by atoms with E-state index in [2.05, 4.69) is 20.7 Å². The topological polar surface area (TPSA) is 109 Å². The number of rotatable bonds is 5. The summed E-state index contributed by atoms with van der Waals surface area (Å²) >= 11 is 0. The molecule has 1 saturated heterocycles. The van der Waals surface area contributed by atoms with Crippen molar-refractivity contribution in [2.24, 2.45) is 7.05 Å². The van der Waals surface area contributed by atoms with Gasteiger partial charge in [0, 0.05) is 20.0 Å². The SMILES string of the molecule is Cc1nc(NC(=O)CCCN2C(=O)NC(C)(C)C2=O)nn1C. The minimum atomic E-state index is -0.880. The largest absolute Gasteiger partial charge is 0.325 e. The van der Waals surface area contributed by atoms with Gasteiger partial charge in [-0.1, -0.05) is 0 Å². The standard InChI is InChI=1S/C13H20N6O3/c1-8-14-11(17-18(8)4)15-9(20)6-5-7-19-10(21)13(2,3)16-12(19)22/h5-7H2,1-4H3,(H,16,22)(H,15,17,20). The van der Waals surface area contributed by atoms with Crippen LogP contribution in [0.25, 0.3) is 0 Å². The molecule has 2 rings (SSSR count). The zero-order valence-corrected chi connectivity index (χ0v) is 13.1. The average Bonchev–Trinajstić information content (AvgIpc) is 2.80. The van der Waals surface area contributed by atoms with Crippen LogP contribution in [0.15, 0.2) is 0 Å². The first-order chi connectivity index (χ1) is 10.2. The second kappa shape index (κ2) is 5.74. The van der Waals surface area contributed by atoms with Crippen molar-refractivity contribution < 1.29 is 14.4 Å². The highest BCUT2D eigenvalue weighted by atomic mass is 16.2. The molecule has 9 heteroatoms. The Bertz CT molecular complexity index is 602. The number of nitrogens with zero attached hydrogens (tertiary/aromatic N) is 4. The molecule has 0 aliphatic carbocycles. The molecule has 0 spiro atoms. The van der Waals surface area contributed by atoms with Crippen LogP contribution >= 0.6 is 0 Å². The Labute approximate surface area is 128 Å². The van der Waals surface area contributed by atoms with Crippen LogP contribution in [-0.2, 0) is 16.6 Å². The Kier molecular flexibility index (Phi) is 4.16.